The Morgan fingerprint density at radius 2 is 1.77 bits per heavy atom. The summed E-state index contributed by atoms with van der Waals surface area (Å²) in [5, 5.41) is 24.0. The number of aromatic nitrogens is 1. The van der Waals surface area contributed by atoms with E-state index in [1.54, 1.807) is 30.3 Å². The minimum Gasteiger partial charge on any atom is -0.478 e. The second kappa shape index (κ2) is 11.0. The number of carboxylic acids is 1. The van der Waals surface area contributed by atoms with Crippen molar-refractivity contribution in [1.29, 1.82) is 0 Å². The van der Waals surface area contributed by atoms with Crippen molar-refractivity contribution in [2.75, 3.05) is 7.05 Å². The fourth-order valence-corrected chi connectivity index (χ4v) is 4.60. The number of benzene rings is 2. The minimum atomic E-state index is -1.05. The van der Waals surface area contributed by atoms with E-state index in [2.05, 4.69) is 10.3 Å². The van der Waals surface area contributed by atoms with Crippen LogP contribution in [0.1, 0.15) is 56.4 Å². The molecule has 1 fully saturated rings. The van der Waals surface area contributed by atoms with Gasteiger partial charge in [-0.15, -0.1) is 0 Å². The van der Waals surface area contributed by atoms with Gasteiger partial charge >= 0.3 is 5.97 Å². The van der Waals surface area contributed by atoms with E-state index >= 15 is 0 Å². The van der Waals surface area contributed by atoms with E-state index in [0.717, 1.165) is 30.4 Å². The summed E-state index contributed by atoms with van der Waals surface area (Å²) in [4.78, 5) is 29.5. The molecule has 3 atom stereocenters. The summed E-state index contributed by atoms with van der Waals surface area (Å²) in [5.41, 5.74) is 3.27. The third kappa shape index (κ3) is 6.25. The summed E-state index contributed by atoms with van der Waals surface area (Å²) in [6, 6.07) is 16.6. The number of rotatable bonds is 8. The predicted molar refractivity (Wildman–Crippen MR) is 133 cm³/mol. The molecule has 0 radical (unpaired) electrons. The highest BCUT2D eigenvalue weighted by atomic mass is 35.5. The van der Waals surface area contributed by atoms with Crippen molar-refractivity contribution >= 4 is 23.5 Å². The number of aromatic carboxylic acids is 1. The summed E-state index contributed by atoms with van der Waals surface area (Å²) in [7, 11) is 1.68. The molecule has 1 aromatic heterocycles. The Bertz CT molecular complexity index is 1180. The van der Waals surface area contributed by atoms with Crippen molar-refractivity contribution in [3.63, 3.8) is 0 Å². The molecule has 1 saturated heterocycles. The molecule has 0 saturated carbocycles. The highest BCUT2D eigenvalue weighted by Crippen LogP contribution is 2.27. The van der Waals surface area contributed by atoms with Crippen molar-refractivity contribution in [2.45, 2.75) is 44.0 Å². The first-order chi connectivity index (χ1) is 16.8. The van der Waals surface area contributed by atoms with Crippen LogP contribution in [-0.4, -0.2) is 51.1 Å². The first-order valence-corrected chi connectivity index (χ1v) is 11.9. The molecule has 1 aliphatic rings. The van der Waals surface area contributed by atoms with Gasteiger partial charge in [0.2, 0.25) is 0 Å². The second-order valence-electron chi connectivity index (χ2n) is 8.99. The molecule has 4 rings (SSSR count). The fraction of sp³-hybridized carbons (Fsp3) is 0.296. The van der Waals surface area contributed by atoms with Crippen LogP contribution in [0.5, 0.6) is 0 Å². The molecule has 0 bridgehead atoms. The normalized spacial score (nSPS) is 18.3. The second-order valence-corrected chi connectivity index (χ2v) is 9.43. The third-order valence-electron chi connectivity index (χ3n) is 6.36. The molecule has 1 aliphatic heterocycles. The van der Waals surface area contributed by atoms with Gasteiger partial charge in [0.05, 0.1) is 11.7 Å². The topological polar surface area (TPSA) is 103 Å². The van der Waals surface area contributed by atoms with Gasteiger partial charge in [0.25, 0.3) is 5.91 Å². The Morgan fingerprint density at radius 3 is 2.46 bits per heavy atom. The lowest BCUT2D eigenvalue weighted by Gasteiger charge is -2.21. The van der Waals surface area contributed by atoms with Gasteiger partial charge < -0.3 is 20.4 Å². The first-order valence-electron chi connectivity index (χ1n) is 11.5. The Labute approximate surface area is 209 Å². The number of aliphatic hydroxyl groups is 1. The zero-order valence-electron chi connectivity index (χ0n) is 19.4. The van der Waals surface area contributed by atoms with Gasteiger partial charge in [-0.05, 0) is 66.3 Å². The van der Waals surface area contributed by atoms with Crippen molar-refractivity contribution in [1.82, 2.24) is 15.2 Å². The molecule has 2 aromatic carbocycles. The minimum absolute atomic E-state index is 0.00945. The molecule has 2 heterocycles. The molecular formula is C27H28ClN3O4. The SMILES string of the molecule is CN(Cc1cncc(C(=O)O)c1)C(=O)c1ccc(CC2CCC(C(O)c3ccc(Cl)cc3)N2)cc1. The molecule has 3 aromatic rings. The van der Waals surface area contributed by atoms with Crippen LogP contribution in [0.3, 0.4) is 0 Å². The Hall–Kier alpha value is -3.26. The van der Waals surface area contributed by atoms with E-state index in [-0.39, 0.29) is 30.1 Å². The lowest BCUT2D eigenvalue weighted by atomic mass is 10.0. The van der Waals surface area contributed by atoms with E-state index < -0.39 is 12.1 Å². The number of halogens is 1. The fourth-order valence-electron chi connectivity index (χ4n) is 4.48. The summed E-state index contributed by atoms with van der Waals surface area (Å²) >= 11 is 5.95. The monoisotopic (exact) mass is 493 g/mol. The molecule has 1 amide bonds. The molecule has 182 valence electrons. The van der Waals surface area contributed by atoms with Crippen molar-refractivity contribution in [3.05, 3.63) is 99.8 Å². The number of amides is 1. The average molecular weight is 494 g/mol. The number of aliphatic hydroxyl groups excluding tert-OH is 1. The molecular weight excluding hydrogens is 466 g/mol. The third-order valence-corrected chi connectivity index (χ3v) is 6.61. The smallest absolute Gasteiger partial charge is 0.337 e. The summed E-state index contributed by atoms with van der Waals surface area (Å²) in [6.45, 7) is 0.262. The van der Waals surface area contributed by atoms with Crippen LogP contribution in [0.25, 0.3) is 0 Å². The maximum Gasteiger partial charge on any atom is 0.337 e. The zero-order chi connectivity index (χ0) is 24.9. The molecule has 0 aliphatic carbocycles. The van der Waals surface area contributed by atoms with E-state index in [9.17, 15) is 14.7 Å². The number of pyridine rings is 1. The molecule has 8 heteroatoms. The number of carbonyl (C=O) groups is 2. The zero-order valence-corrected chi connectivity index (χ0v) is 20.2. The molecule has 3 unspecified atom stereocenters. The van der Waals surface area contributed by atoms with Crippen LogP contribution >= 0.6 is 11.6 Å². The maximum atomic E-state index is 12.8. The van der Waals surface area contributed by atoms with Crippen LogP contribution in [0, 0.1) is 0 Å². The van der Waals surface area contributed by atoms with E-state index in [4.69, 9.17) is 16.7 Å². The summed E-state index contributed by atoms with van der Waals surface area (Å²) in [5.74, 6) is -1.20. The van der Waals surface area contributed by atoms with E-state index in [1.807, 2.05) is 36.4 Å². The molecule has 0 spiro atoms. The highest BCUT2D eigenvalue weighted by molar-refractivity contribution is 6.30. The van der Waals surface area contributed by atoms with Crippen molar-refractivity contribution in [3.8, 4) is 0 Å². The largest absolute Gasteiger partial charge is 0.478 e. The van der Waals surface area contributed by atoms with Crippen molar-refractivity contribution < 1.29 is 19.8 Å². The lowest BCUT2D eigenvalue weighted by molar-refractivity contribution is 0.0696. The maximum absolute atomic E-state index is 12.8. The predicted octanol–water partition coefficient (Wildman–Crippen LogP) is 4.10. The van der Waals surface area contributed by atoms with Crippen molar-refractivity contribution in [2.24, 2.45) is 0 Å². The molecule has 3 N–H and O–H groups in total. The van der Waals surface area contributed by atoms with Gasteiger partial charge in [-0.25, -0.2) is 4.79 Å². The van der Waals surface area contributed by atoms with Gasteiger partial charge in [0, 0.05) is 48.7 Å². The van der Waals surface area contributed by atoms with Crippen LogP contribution < -0.4 is 5.32 Å². The van der Waals surface area contributed by atoms with Crippen LogP contribution in [0.2, 0.25) is 5.02 Å². The Balaban J connectivity index is 1.31. The van der Waals surface area contributed by atoms with Gasteiger partial charge in [0.1, 0.15) is 0 Å². The van der Waals surface area contributed by atoms with E-state index in [1.165, 1.54) is 12.3 Å². The number of nitrogens with zero attached hydrogens (tertiary/aromatic N) is 2. The van der Waals surface area contributed by atoms with Gasteiger partial charge in [-0.2, -0.15) is 0 Å². The standard InChI is InChI=1S/C27H28ClN3O4/c1-31(16-18-12-21(27(34)35)15-29-14-18)26(33)20-4-2-17(3-5-20)13-23-10-11-24(30-23)25(32)19-6-8-22(28)9-7-19/h2-9,12,14-15,23-25,30,32H,10-11,13,16H2,1H3,(H,34,35). The summed E-state index contributed by atoms with van der Waals surface area (Å²) in [6.07, 6.45) is 4.91. The Kier molecular flexibility index (Phi) is 7.80. The number of carboxylic acid groups (broad SMARTS) is 1. The van der Waals surface area contributed by atoms with E-state index in [0.29, 0.717) is 16.1 Å². The quantitative estimate of drug-likeness (QED) is 0.436. The van der Waals surface area contributed by atoms with Gasteiger partial charge in [-0.1, -0.05) is 35.9 Å². The summed E-state index contributed by atoms with van der Waals surface area (Å²) < 4.78 is 0. The van der Waals surface area contributed by atoms with Crippen LogP contribution in [0.4, 0.5) is 0 Å². The van der Waals surface area contributed by atoms with Crippen LogP contribution in [-0.2, 0) is 13.0 Å². The number of nitrogens with one attached hydrogen (secondary N) is 1. The van der Waals surface area contributed by atoms with Gasteiger partial charge in [0.15, 0.2) is 0 Å². The Morgan fingerprint density at radius 1 is 1.06 bits per heavy atom. The van der Waals surface area contributed by atoms with Crippen LogP contribution in [0.15, 0.2) is 67.0 Å². The molecule has 35 heavy (non-hydrogen) atoms. The number of hydrogen-bond acceptors (Lipinski definition) is 5. The first kappa shape index (κ1) is 24.9. The molecule has 7 nitrogen and oxygen atoms in total. The number of hydrogen-bond donors (Lipinski definition) is 3. The highest BCUT2D eigenvalue weighted by Gasteiger charge is 2.30. The lowest BCUT2D eigenvalue weighted by Crippen LogP contribution is -2.35. The van der Waals surface area contributed by atoms with Gasteiger partial charge in [-0.3, -0.25) is 9.78 Å². The number of carbonyl (C=O) groups excluding carboxylic acids is 1. The average Bonchev–Trinajstić information content (AvgIpc) is 3.32.